The van der Waals surface area contributed by atoms with Crippen molar-refractivity contribution in [3.05, 3.63) is 334 Å². The van der Waals surface area contributed by atoms with E-state index in [1.165, 1.54) is 65.7 Å². The molecule has 0 atom stereocenters. The number of pyridine rings is 2. The molecule has 9 heteroatoms. The number of hydrogen-bond acceptors (Lipinski definition) is 5. The van der Waals surface area contributed by atoms with E-state index in [2.05, 4.69) is 277 Å². The van der Waals surface area contributed by atoms with Gasteiger partial charge in [0.1, 0.15) is 0 Å². The van der Waals surface area contributed by atoms with Gasteiger partial charge in [0.15, 0.2) is 11.6 Å². The van der Waals surface area contributed by atoms with Crippen LogP contribution in [0.4, 0.5) is 0 Å². The van der Waals surface area contributed by atoms with E-state index < -0.39 is 0 Å². The van der Waals surface area contributed by atoms with Gasteiger partial charge < -0.3 is 13.7 Å². The van der Waals surface area contributed by atoms with Gasteiger partial charge in [-0.15, -0.1) is 0 Å². The lowest BCUT2D eigenvalue weighted by atomic mass is 9.95. The first-order valence-corrected chi connectivity index (χ1v) is 31.6. The molecule has 0 aliphatic rings. The van der Waals surface area contributed by atoms with Crippen molar-refractivity contribution in [1.29, 1.82) is 0 Å². The molecule has 12 aromatic carbocycles. The Labute approximate surface area is 540 Å². The second-order valence-corrected chi connectivity index (χ2v) is 23.6. The molecule has 19 rings (SSSR count). The predicted octanol–water partition coefficient (Wildman–Crippen LogP) is 21.1. The Bertz CT molecular complexity index is 6020. The summed E-state index contributed by atoms with van der Waals surface area (Å²) in [7, 11) is 0. The van der Waals surface area contributed by atoms with Crippen molar-refractivity contribution < 1.29 is 0 Å². The van der Waals surface area contributed by atoms with Crippen LogP contribution in [-0.4, -0.2) is 43.2 Å². The highest BCUT2D eigenvalue weighted by molar-refractivity contribution is 6.24. The molecule has 0 spiro atoms. The Kier molecular flexibility index (Phi) is 13.0. The lowest BCUT2D eigenvalue weighted by Gasteiger charge is -2.11. The molecule has 94 heavy (non-hydrogen) atoms. The van der Waals surface area contributed by atoms with Gasteiger partial charge in [-0.25, -0.2) is 4.98 Å². The van der Waals surface area contributed by atoms with E-state index >= 15 is 0 Å². The lowest BCUT2D eigenvalue weighted by molar-refractivity contribution is 0.953. The quantitative estimate of drug-likeness (QED) is 0.144. The Morgan fingerprint density at radius 1 is 0.202 bits per heavy atom. The minimum absolute atomic E-state index is 0.575. The Balaban J connectivity index is 0.000000139. The van der Waals surface area contributed by atoms with Crippen LogP contribution in [0, 0.1) is 0 Å². The smallest absolute Gasteiger partial charge is 0.238 e. The third kappa shape index (κ3) is 8.89. The van der Waals surface area contributed by atoms with Gasteiger partial charge in [0.2, 0.25) is 5.95 Å². The molecule has 0 N–H and O–H groups in total. The number of aromatic nitrogens is 9. The highest BCUT2D eigenvalue weighted by Gasteiger charge is 2.25. The van der Waals surface area contributed by atoms with E-state index in [4.69, 9.17) is 15.0 Å². The molecule has 7 aromatic heterocycles. The van der Waals surface area contributed by atoms with Gasteiger partial charge in [-0.2, -0.15) is 9.97 Å². The van der Waals surface area contributed by atoms with Crippen molar-refractivity contribution in [2.45, 2.75) is 0 Å². The third-order valence-corrected chi connectivity index (χ3v) is 18.3. The zero-order valence-electron chi connectivity index (χ0n) is 50.8. The maximum Gasteiger partial charge on any atom is 0.238 e. The van der Waals surface area contributed by atoms with Crippen LogP contribution in [-0.2, 0) is 0 Å². The molecule has 7 heterocycles. The van der Waals surface area contributed by atoms with Crippen LogP contribution < -0.4 is 0 Å². The number of hydrogen-bond donors (Lipinski definition) is 0. The van der Waals surface area contributed by atoms with Crippen molar-refractivity contribution in [1.82, 2.24) is 43.2 Å². The van der Waals surface area contributed by atoms with Crippen LogP contribution in [0.1, 0.15) is 0 Å². The van der Waals surface area contributed by atoms with Gasteiger partial charge in [0, 0.05) is 83.7 Å². The van der Waals surface area contributed by atoms with Crippen molar-refractivity contribution in [2.75, 3.05) is 0 Å². The normalized spacial score (nSPS) is 11.6. The largest absolute Gasteiger partial charge is 0.309 e. The van der Waals surface area contributed by atoms with E-state index in [9.17, 15) is 0 Å². The number of benzene rings is 12. The fraction of sp³-hybridized carbons (Fsp3) is 0. The first-order valence-electron chi connectivity index (χ1n) is 31.6. The van der Waals surface area contributed by atoms with Gasteiger partial charge in [-0.3, -0.25) is 14.5 Å². The second kappa shape index (κ2) is 22.6. The molecule has 0 saturated carbocycles. The Hall–Kier alpha value is -12.9. The summed E-state index contributed by atoms with van der Waals surface area (Å²) in [5, 5.41) is 9.58. The van der Waals surface area contributed by atoms with E-state index in [0.29, 0.717) is 17.6 Å². The summed E-state index contributed by atoms with van der Waals surface area (Å²) < 4.78 is 9.23. The molecule has 0 unspecified atom stereocenters. The van der Waals surface area contributed by atoms with Crippen molar-refractivity contribution >= 4 is 87.2 Å². The first kappa shape index (κ1) is 54.1. The number of rotatable bonds is 9. The van der Waals surface area contributed by atoms with Gasteiger partial charge in [0.25, 0.3) is 0 Å². The summed E-state index contributed by atoms with van der Waals surface area (Å²) in [6.07, 6.45) is 7.74. The summed E-state index contributed by atoms with van der Waals surface area (Å²) in [5.74, 6) is 1.83. The minimum atomic E-state index is 0.575. The summed E-state index contributed by atoms with van der Waals surface area (Å²) in [5.41, 5.74) is 21.4. The van der Waals surface area contributed by atoms with E-state index in [1.54, 1.807) is 0 Å². The summed E-state index contributed by atoms with van der Waals surface area (Å²) in [6, 6.07) is 109. The SMILES string of the molecule is c1ccc(-c2ccc(-n3c4ccccc4c4c(-c5cccc6c5c5ccncc5n6-c5ccccc5)cccc43)cc2)cc1.c1ccc(-c2nc(-c3ccccc3)nc(-n3c4ccccc4c4c(-c5cccc6c5c5ccncc5n6-c5ccccc5)cccc43)n2)cc1. The number of fused-ring (bicyclic) bond motifs is 12. The van der Waals surface area contributed by atoms with Crippen LogP contribution >= 0.6 is 0 Å². The molecule has 0 fully saturated rings. The first-order chi connectivity index (χ1) is 46.7. The fourth-order valence-electron chi connectivity index (χ4n) is 14.3. The standard InChI is InChI=1S/C44H28N6.C41H27N3/c1-4-14-29(15-5-1)42-46-43(30-16-6-2-7-17-30)48-44(47-42)50-36-23-11-10-20-34(36)40-32(22-13-25-38(40)50)33-21-12-24-37-41(33)35-26-27-45-28-39(35)49(37)31-18-8-3-9-19-31;1-3-11-28(12-4-1)29-21-23-31(24-22-29)43-36-18-8-7-15-34(36)40-32(16-9-19-37(40)43)33-17-10-20-38-41(33)35-25-26-42-27-39(35)44(38)30-13-5-2-6-14-30/h1-28H;1-27H. The molecule has 9 nitrogen and oxygen atoms in total. The monoisotopic (exact) mass is 1200 g/mol. The highest BCUT2D eigenvalue weighted by atomic mass is 15.2. The van der Waals surface area contributed by atoms with Crippen LogP contribution in [0.3, 0.4) is 0 Å². The van der Waals surface area contributed by atoms with Gasteiger partial charge >= 0.3 is 0 Å². The van der Waals surface area contributed by atoms with Crippen LogP contribution in [0.5, 0.6) is 0 Å². The van der Waals surface area contributed by atoms with Gasteiger partial charge in [-0.1, -0.05) is 224 Å². The topological polar surface area (TPSA) is 84.2 Å². The average molecular weight is 1200 g/mol. The van der Waals surface area contributed by atoms with E-state index in [0.717, 1.165) is 83.1 Å². The fourth-order valence-corrected chi connectivity index (χ4v) is 14.3. The summed E-state index contributed by atoms with van der Waals surface area (Å²) >= 11 is 0. The molecule has 0 aliphatic heterocycles. The molecule has 0 saturated heterocycles. The lowest BCUT2D eigenvalue weighted by Crippen LogP contribution is -2.06. The predicted molar refractivity (Wildman–Crippen MR) is 386 cm³/mol. The van der Waals surface area contributed by atoms with Crippen LogP contribution in [0.2, 0.25) is 0 Å². The summed E-state index contributed by atoms with van der Waals surface area (Å²) in [4.78, 5) is 24.3. The van der Waals surface area contributed by atoms with E-state index in [1.807, 2.05) is 85.5 Å². The summed E-state index contributed by atoms with van der Waals surface area (Å²) in [6.45, 7) is 0. The third-order valence-electron chi connectivity index (χ3n) is 18.3. The Morgan fingerprint density at radius 3 is 0.936 bits per heavy atom. The second-order valence-electron chi connectivity index (χ2n) is 23.6. The molecule has 0 amide bonds. The van der Waals surface area contributed by atoms with E-state index in [-0.39, 0.29) is 0 Å². The van der Waals surface area contributed by atoms with Gasteiger partial charge in [-0.05, 0) is 118 Å². The van der Waals surface area contributed by atoms with Crippen molar-refractivity contribution in [3.8, 4) is 79.2 Å². The van der Waals surface area contributed by atoms with Gasteiger partial charge in [0.05, 0.1) is 56.5 Å². The molecular weight excluding hydrogens is 1150 g/mol. The zero-order valence-corrected chi connectivity index (χ0v) is 50.8. The highest BCUT2D eigenvalue weighted by Crippen LogP contribution is 2.46. The molecular formula is C85H55N9. The molecule has 0 bridgehead atoms. The maximum atomic E-state index is 5.13. The molecule has 0 aliphatic carbocycles. The molecule has 440 valence electrons. The molecule has 19 aromatic rings. The number of nitrogens with zero attached hydrogens (tertiary/aromatic N) is 9. The zero-order chi connectivity index (χ0) is 62.1. The van der Waals surface area contributed by atoms with Crippen molar-refractivity contribution in [2.24, 2.45) is 0 Å². The maximum absolute atomic E-state index is 5.13. The minimum Gasteiger partial charge on any atom is -0.309 e. The van der Waals surface area contributed by atoms with Crippen LogP contribution in [0.25, 0.3) is 166 Å². The van der Waals surface area contributed by atoms with Crippen LogP contribution in [0.15, 0.2) is 334 Å². The average Bonchev–Trinajstić information content (AvgIpc) is 1.57. The van der Waals surface area contributed by atoms with Crippen molar-refractivity contribution in [3.63, 3.8) is 0 Å². The Morgan fingerprint density at radius 2 is 0.511 bits per heavy atom. The number of para-hydroxylation sites is 4. The molecule has 0 radical (unpaired) electrons.